The highest BCUT2D eigenvalue weighted by Gasteiger charge is 2.03. The Kier molecular flexibility index (Phi) is 6.11. The molecule has 0 unspecified atom stereocenters. The highest BCUT2D eigenvalue weighted by Crippen LogP contribution is 1.99. The van der Waals surface area contributed by atoms with Crippen LogP contribution in [0.15, 0.2) is 30.3 Å². The summed E-state index contributed by atoms with van der Waals surface area (Å²) in [6.45, 7) is 4.38. The van der Waals surface area contributed by atoms with E-state index in [2.05, 4.69) is 35.1 Å². The van der Waals surface area contributed by atoms with Gasteiger partial charge in [-0.15, -0.1) is 11.8 Å². The van der Waals surface area contributed by atoms with Gasteiger partial charge in [0.25, 0.3) is 0 Å². The van der Waals surface area contributed by atoms with E-state index in [1.54, 1.807) is 0 Å². The molecule has 0 atom stereocenters. The van der Waals surface area contributed by atoms with Crippen molar-refractivity contribution < 1.29 is 4.43 Å². The second-order valence-corrected chi connectivity index (χ2v) is 4.95. The van der Waals surface area contributed by atoms with Crippen LogP contribution in [-0.4, -0.2) is 15.6 Å². The molecule has 1 nitrogen and oxygen atoms in total. The van der Waals surface area contributed by atoms with Crippen molar-refractivity contribution in [2.45, 2.75) is 20.3 Å². The zero-order chi connectivity index (χ0) is 11.6. The number of hydrogen-bond donors (Lipinski definition) is 0. The summed E-state index contributed by atoms with van der Waals surface area (Å²) in [5, 5.41) is 0. The molecular weight excluding hydrogens is 212 g/mol. The minimum absolute atomic E-state index is 0.713. The largest absolute Gasteiger partial charge is 0.398 e. The Morgan fingerprint density at radius 3 is 2.25 bits per heavy atom. The van der Waals surface area contributed by atoms with Crippen molar-refractivity contribution in [2.75, 3.05) is 6.61 Å². The fourth-order valence-electron chi connectivity index (χ4n) is 1.32. The Balaban J connectivity index is 2.37. The molecule has 16 heavy (non-hydrogen) atoms. The highest BCUT2D eigenvalue weighted by atomic mass is 28.3. The zero-order valence-electron chi connectivity index (χ0n) is 9.79. The third-order valence-corrected chi connectivity index (χ3v) is 3.74. The standard InChI is InChI=1S/C14H16OSi/c1-3-12-16(13-4-2)15-11-10-14-8-6-5-7-9-14/h5-9,16H,10-11H2,1-2H3. The Bertz CT molecular complexity index is 397. The van der Waals surface area contributed by atoms with Gasteiger partial charge in [0.1, 0.15) is 0 Å². The molecule has 0 saturated carbocycles. The average molecular weight is 228 g/mol. The van der Waals surface area contributed by atoms with Gasteiger partial charge < -0.3 is 4.43 Å². The van der Waals surface area contributed by atoms with Crippen LogP contribution in [0.4, 0.5) is 0 Å². The molecule has 0 spiro atoms. The van der Waals surface area contributed by atoms with E-state index >= 15 is 0 Å². The molecule has 1 aromatic rings. The molecule has 0 bridgehead atoms. The number of rotatable bonds is 4. The maximum absolute atomic E-state index is 5.72. The van der Waals surface area contributed by atoms with Gasteiger partial charge in [0.15, 0.2) is 0 Å². The van der Waals surface area contributed by atoms with Crippen molar-refractivity contribution in [3.05, 3.63) is 35.9 Å². The molecule has 0 aliphatic rings. The van der Waals surface area contributed by atoms with Crippen molar-refractivity contribution in [2.24, 2.45) is 0 Å². The van der Waals surface area contributed by atoms with Crippen molar-refractivity contribution in [1.82, 2.24) is 0 Å². The maximum Gasteiger partial charge on any atom is 0.337 e. The third-order valence-electron chi connectivity index (χ3n) is 2.07. The Labute approximate surface area is 99.6 Å². The normalized spacial score (nSPS) is 8.94. The van der Waals surface area contributed by atoms with E-state index in [4.69, 9.17) is 4.43 Å². The van der Waals surface area contributed by atoms with Gasteiger partial charge in [-0.25, -0.2) is 0 Å². The minimum atomic E-state index is -1.60. The van der Waals surface area contributed by atoms with Crippen LogP contribution in [0.2, 0.25) is 0 Å². The van der Waals surface area contributed by atoms with Crippen molar-refractivity contribution in [1.29, 1.82) is 0 Å². The molecule has 0 radical (unpaired) electrons. The number of benzene rings is 1. The summed E-state index contributed by atoms with van der Waals surface area (Å²) in [5.74, 6) is 5.77. The molecule has 82 valence electrons. The fourth-order valence-corrected chi connectivity index (χ4v) is 2.44. The molecule has 1 aromatic carbocycles. The van der Waals surface area contributed by atoms with E-state index in [-0.39, 0.29) is 0 Å². The molecule has 0 aliphatic carbocycles. The summed E-state index contributed by atoms with van der Waals surface area (Å²) in [4.78, 5) is 0. The van der Waals surface area contributed by atoms with E-state index in [0.717, 1.165) is 6.42 Å². The molecule has 0 N–H and O–H groups in total. The van der Waals surface area contributed by atoms with Crippen LogP contribution in [0.3, 0.4) is 0 Å². The summed E-state index contributed by atoms with van der Waals surface area (Å²) in [6, 6.07) is 10.3. The van der Waals surface area contributed by atoms with Crippen LogP contribution in [0, 0.1) is 22.9 Å². The van der Waals surface area contributed by atoms with Gasteiger partial charge in [0.05, 0.1) is 0 Å². The zero-order valence-corrected chi connectivity index (χ0v) is 10.9. The van der Waals surface area contributed by atoms with Gasteiger partial charge in [-0.05, 0) is 25.8 Å². The van der Waals surface area contributed by atoms with Crippen LogP contribution in [0.25, 0.3) is 0 Å². The van der Waals surface area contributed by atoms with Crippen LogP contribution in [0.1, 0.15) is 19.4 Å². The molecule has 0 heterocycles. The summed E-state index contributed by atoms with van der Waals surface area (Å²) in [6.07, 6.45) is 0.932. The van der Waals surface area contributed by atoms with Gasteiger partial charge in [0.2, 0.25) is 0 Å². The van der Waals surface area contributed by atoms with Gasteiger partial charge in [0, 0.05) is 6.61 Å². The first-order chi connectivity index (χ1) is 7.86. The Morgan fingerprint density at radius 1 is 1.06 bits per heavy atom. The molecule has 0 saturated heterocycles. The molecule has 0 aliphatic heterocycles. The van der Waals surface area contributed by atoms with Crippen molar-refractivity contribution >= 4 is 9.04 Å². The Morgan fingerprint density at radius 2 is 1.69 bits per heavy atom. The van der Waals surface area contributed by atoms with Gasteiger partial charge in [-0.1, -0.05) is 41.4 Å². The molecule has 0 amide bonds. The van der Waals surface area contributed by atoms with E-state index in [9.17, 15) is 0 Å². The second kappa shape index (κ2) is 7.76. The molecule has 1 rings (SSSR count). The van der Waals surface area contributed by atoms with E-state index in [0.29, 0.717) is 6.61 Å². The molecule has 0 aromatic heterocycles. The summed E-state index contributed by atoms with van der Waals surface area (Å²) < 4.78 is 5.72. The molecule has 0 fully saturated rings. The van der Waals surface area contributed by atoms with Crippen LogP contribution < -0.4 is 0 Å². The SMILES string of the molecule is CC#C[SiH](C#CC)OCCc1ccccc1. The predicted octanol–water partition coefficient (Wildman–Crippen LogP) is 2.09. The Hall–Kier alpha value is -1.48. The lowest BCUT2D eigenvalue weighted by Gasteiger charge is -2.05. The van der Waals surface area contributed by atoms with Crippen LogP contribution in [-0.2, 0) is 10.8 Å². The summed E-state index contributed by atoms with van der Waals surface area (Å²) in [5.41, 5.74) is 7.42. The first-order valence-corrected chi connectivity index (χ1v) is 6.99. The van der Waals surface area contributed by atoms with Crippen molar-refractivity contribution in [3.8, 4) is 22.9 Å². The minimum Gasteiger partial charge on any atom is -0.398 e. The lowest BCUT2D eigenvalue weighted by molar-refractivity contribution is 0.339. The van der Waals surface area contributed by atoms with Gasteiger partial charge >= 0.3 is 9.04 Å². The highest BCUT2D eigenvalue weighted by molar-refractivity contribution is 6.69. The lowest BCUT2D eigenvalue weighted by atomic mass is 10.2. The first-order valence-electron chi connectivity index (χ1n) is 5.37. The van der Waals surface area contributed by atoms with E-state index in [1.165, 1.54) is 5.56 Å². The molecule has 2 heteroatoms. The van der Waals surface area contributed by atoms with Crippen LogP contribution in [0.5, 0.6) is 0 Å². The van der Waals surface area contributed by atoms with Crippen LogP contribution >= 0.6 is 0 Å². The summed E-state index contributed by atoms with van der Waals surface area (Å²) >= 11 is 0. The van der Waals surface area contributed by atoms with Gasteiger partial charge in [-0.2, -0.15) is 0 Å². The lowest BCUT2D eigenvalue weighted by Crippen LogP contribution is -2.16. The fraction of sp³-hybridized carbons (Fsp3) is 0.286. The smallest absolute Gasteiger partial charge is 0.337 e. The first kappa shape index (κ1) is 12.6. The average Bonchev–Trinajstić information content (AvgIpc) is 2.31. The second-order valence-electron chi connectivity index (χ2n) is 3.28. The van der Waals surface area contributed by atoms with E-state index < -0.39 is 9.04 Å². The predicted molar refractivity (Wildman–Crippen MR) is 70.1 cm³/mol. The summed E-state index contributed by atoms with van der Waals surface area (Å²) in [7, 11) is -1.60. The quantitative estimate of drug-likeness (QED) is 0.566. The monoisotopic (exact) mass is 228 g/mol. The van der Waals surface area contributed by atoms with E-state index in [1.807, 2.05) is 32.0 Å². The maximum atomic E-state index is 5.72. The van der Waals surface area contributed by atoms with Crippen molar-refractivity contribution in [3.63, 3.8) is 0 Å². The number of hydrogen-bond acceptors (Lipinski definition) is 1. The molecular formula is C14H16OSi. The topological polar surface area (TPSA) is 9.23 Å². The van der Waals surface area contributed by atoms with Gasteiger partial charge in [-0.3, -0.25) is 0 Å². The third kappa shape index (κ3) is 4.84.